The number of hydrogen-bond donors (Lipinski definition) is 2. The summed E-state index contributed by atoms with van der Waals surface area (Å²) in [5, 5.41) is 18.7. The average molecular weight is 221 g/mol. The number of hydrogen-bond acceptors (Lipinski definition) is 5. The lowest BCUT2D eigenvalue weighted by Gasteiger charge is -2.05. The molecule has 1 heterocycles. The van der Waals surface area contributed by atoms with Crippen LogP contribution < -0.4 is 0 Å². The highest BCUT2D eigenvalue weighted by molar-refractivity contribution is 7.99. The van der Waals surface area contributed by atoms with Crippen molar-refractivity contribution in [1.29, 1.82) is 0 Å². The summed E-state index contributed by atoms with van der Waals surface area (Å²) in [6.45, 7) is -0.254. The van der Waals surface area contributed by atoms with Gasteiger partial charge in [0.1, 0.15) is 11.4 Å². The summed E-state index contributed by atoms with van der Waals surface area (Å²) in [5.41, 5.74) is 0. The molecule has 0 bridgehead atoms. The van der Waals surface area contributed by atoms with Gasteiger partial charge in [-0.1, -0.05) is 11.6 Å². The van der Waals surface area contributed by atoms with Crippen LogP contribution in [0.1, 0.15) is 0 Å². The van der Waals surface area contributed by atoms with Gasteiger partial charge in [-0.05, 0) is 0 Å². The van der Waals surface area contributed by atoms with Crippen LogP contribution in [0.15, 0.2) is 17.6 Å². The number of nitrogens with zero attached hydrogens (tertiary/aromatic N) is 2. The molecule has 0 aliphatic carbocycles. The van der Waals surface area contributed by atoms with Crippen molar-refractivity contribution in [1.82, 2.24) is 9.97 Å². The summed E-state index contributed by atoms with van der Waals surface area (Å²) in [7, 11) is 0. The highest BCUT2D eigenvalue weighted by atomic mass is 35.5. The number of thioether (sulfide) groups is 1. The molecule has 1 rings (SSSR count). The van der Waals surface area contributed by atoms with Gasteiger partial charge in [0, 0.05) is 5.75 Å². The minimum atomic E-state index is -0.740. The van der Waals surface area contributed by atoms with Crippen LogP contribution >= 0.6 is 23.4 Å². The molecule has 4 nitrogen and oxygen atoms in total. The van der Waals surface area contributed by atoms with Crippen molar-refractivity contribution in [2.45, 2.75) is 11.1 Å². The van der Waals surface area contributed by atoms with E-state index in [0.717, 1.165) is 0 Å². The molecular formula is C7H9ClN2O2S. The Labute approximate surface area is 85.0 Å². The minimum Gasteiger partial charge on any atom is -0.394 e. The van der Waals surface area contributed by atoms with E-state index in [2.05, 4.69) is 9.97 Å². The molecule has 1 aromatic rings. The van der Waals surface area contributed by atoms with E-state index in [-0.39, 0.29) is 6.61 Å². The van der Waals surface area contributed by atoms with Crippen LogP contribution in [0.4, 0.5) is 0 Å². The van der Waals surface area contributed by atoms with E-state index in [1.165, 1.54) is 24.3 Å². The topological polar surface area (TPSA) is 66.2 Å². The predicted octanol–water partition coefficient (Wildman–Crippen LogP) is 0.575. The van der Waals surface area contributed by atoms with E-state index >= 15 is 0 Å². The first kappa shape index (κ1) is 10.7. The largest absolute Gasteiger partial charge is 0.394 e. The molecule has 13 heavy (non-hydrogen) atoms. The monoisotopic (exact) mass is 220 g/mol. The Balaban J connectivity index is 2.50. The highest BCUT2D eigenvalue weighted by Gasteiger charge is 2.06. The molecule has 1 unspecified atom stereocenters. The van der Waals surface area contributed by atoms with Crippen LogP contribution in [-0.4, -0.2) is 38.6 Å². The third kappa shape index (κ3) is 3.48. The average Bonchev–Trinajstić information content (AvgIpc) is 2.16. The first-order valence-corrected chi connectivity index (χ1v) is 4.97. The Morgan fingerprint density at radius 1 is 1.62 bits per heavy atom. The van der Waals surface area contributed by atoms with E-state index in [9.17, 15) is 0 Å². The van der Waals surface area contributed by atoms with Gasteiger partial charge in [-0.3, -0.25) is 0 Å². The normalized spacial score (nSPS) is 12.8. The van der Waals surface area contributed by atoms with Gasteiger partial charge in [0.05, 0.1) is 23.9 Å². The Hall–Kier alpha value is -0.360. The zero-order valence-corrected chi connectivity index (χ0v) is 8.29. The SMILES string of the molecule is OCC(O)CSc1ncncc1Cl. The molecule has 1 atom stereocenters. The molecule has 0 fully saturated rings. The molecular weight excluding hydrogens is 212 g/mol. The van der Waals surface area contributed by atoms with Crippen molar-refractivity contribution in [3.63, 3.8) is 0 Å². The molecule has 0 spiro atoms. The molecule has 0 aromatic carbocycles. The second-order valence-corrected chi connectivity index (χ2v) is 3.74. The van der Waals surface area contributed by atoms with Crippen LogP contribution in [0.3, 0.4) is 0 Å². The lowest BCUT2D eigenvalue weighted by Crippen LogP contribution is -2.14. The van der Waals surface area contributed by atoms with Crippen molar-refractivity contribution in [3.05, 3.63) is 17.5 Å². The zero-order chi connectivity index (χ0) is 9.68. The van der Waals surface area contributed by atoms with Crippen LogP contribution in [0.5, 0.6) is 0 Å². The van der Waals surface area contributed by atoms with Gasteiger partial charge < -0.3 is 10.2 Å². The van der Waals surface area contributed by atoms with E-state index < -0.39 is 6.10 Å². The van der Waals surface area contributed by atoms with E-state index in [1.807, 2.05) is 0 Å². The van der Waals surface area contributed by atoms with Gasteiger partial charge in [-0.25, -0.2) is 9.97 Å². The summed E-state index contributed by atoms with van der Waals surface area (Å²) < 4.78 is 0. The van der Waals surface area contributed by atoms with Crippen LogP contribution in [0.25, 0.3) is 0 Å². The standard InChI is InChI=1S/C7H9ClN2O2S/c8-6-1-9-4-10-7(6)13-3-5(12)2-11/h1,4-5,11-12H,2-3H2. The second-order valence-electron chi connectivity index (χ2n) is 2.32. The van der Waals surface area contributed by atoms with Gasteiger partial charge >= 0.3 is 0 Å². The van der Waals surface area contributed by atoms with Gasteiger partial charge in [0.2, 0.25) is 0 Å². The van der Waals surface area contributed by atoms with Crippen LogP contribution in [0.2, 0.25) is 5.02 Å². The molecule has 0 saturated carbocycles. The van der Waals surface area contributed by atoms with Crippen LogP contribution in [-0.2, 0) is 0 Å². The van der Waals surface area contributed by atoms with Crippen molar-refractivity contribution >= 4 is 23.4 Å². The van der Waals surface area contributed by atoms with Gasteiger partial charge in [0.15, 0.2) is 0 Å². The third-order valence-electron chi connectivity index (χ3n) is 1.26. The number of rotatable bonds is 4. The molecule has 6 heteroatoms. The van der Waals surface area contributed by atoms with E-state index in [4.69, 9.17) is 21.8 Å². The molecule has 0 saturated heterocycles. The van der Waals surface area contributed by atoms with Gasteiger partial charge in [0.25, 0.3) is 0 Å². The Bertz CT molecular complexity index is 274. The summed E-state index contributed by atoms with van der Waals surface area (Å²) in [6, 6.07) is 0. The molecule has 1 aromatic heterocycles. The van der Waals surface area contributed by atoms with Crippen LogP contribution in [0, 0.1) is 0 Å². The Morgan fingerprint density at radius 2 is 2.38 bits per heavy atom. The number of aliphatic hydroxyl groups is 2. The zero-order valence-electron chi connectivity index (χ0n) is 6.72. The van der Waals surface area contributed by atoms with Crippen molar-refractivity contribution in [2.24, 2.45) is 0 Å². The molecule has 72 valence electrons. The van der Waals surface area contributed by atoms with Gasteiger partial charge in [-0.15, -0.1) is 11.8 Å². The maximum absolute atomic E-state index is 9.05. The van der Waals surface area contributed by atoms with Crippen molar-refractivity contribution < 1.29 is 10.2 Å². The van der Waals surface area contributed by atoms with E-state index in [0.29, 0.717) is 15.8 Å². The highest BCUT2D eigenvalue weighted by Crippen LogP contribution is 2.23. The van der Waals surface area contributed by atoms with Crippen molar-refractivity contribution in [3.8, 4) is 0 Å². The summed E-state index contributed by atoms with van der Waals surface area (Å²) >= 11 is 7.05. The lowest BCUT2D eigenvalue weighted by atomic mass is 10.4. The summed E-state index contributed by atoms with van der Waals surface area (Å²) in [6.07, 6.45) is 2.14. The van der Waals surface area contributed by atoms with Crippen molar-refractivity contribution in [2.75, 3.05) is 12.4 Å². The summed E-state index contributed by atoms with van der Waals surface area (Å²) in [4.78, 5) is 7.64. The first-order valence-electron chi connectivity index (χ1n) is 3.61. The fraction of sp³-hybridized carbons (Fsp3) is 0.429. The third-order valence-corrected chi connectivity index (χ3v) is 2.80. The van der Waals surface area contributed by atoms with E-state index in [1.54, 1.807) is 0 Å². The second kappa shape index (κ2) is 5.39. The van der Waals surface area contributed by atoms with Gasteiger partial charge in [-0.2, -0.15) is 0 Å². The Kier molecular flexibility index (Phi) is 4.44. The smallest absolute Gasteiger partial charge is 0.118 e. The molecule has 2 N–H and O–H groups in total. The summed E-state index contributed by atoms with van der Waals surface area (Å²) in [5.74, 6) is 0.368. The molecule has 0 amide bonds. The fourth-order valence-electron chi connectivity index (χ4n) is 0.635. The molecule has 0 radical (unpaired) electrons. The quantitative estimate of drug-likeness (QED) is 0.574. The Morgan fingerprint density at radius 3 is 3.00 bits per heavy atom. The predicted molar refractivity (Wildman–Crippen MR) is 50.9 cm³/mol. The lowest BCUT2D eigenvalue weighted by molar-refractivity contribution is 0.113. The number of aromatic nitrogens is 2. The number of halogens is 1. The number of aliphatic hydroxyl groups excluding tert-OH is 2. The minimum absolute atomic E-state index is 0.254. The maximum Gasteiger partial charge on any atom is 0.118 e. The maximum atomic E-state index is 9.05. The molecule has 0 aliphatic heterocycles. The molecule has 0 aliphatic rings. The fourth-order valence-corrected chi connectivity index (χ4v) is 1.67. The first-order chi connectivity index (χ1) is 6.24.